The Hall–Kier alpha value is -4.57. The summed E-state index contributed by atoms with van der Waals surface area (Å²) in [5.74, 6) is 0.817. The normalized spacial score (nSPS) is 13.7. The van der Waals surface area contributed by atoms with Crippen molar-refractivity contribution < 1.29 is 19.4 Å². The highest BCUT2D eigenvalue weighted by Crippen LogP contribution is 2.24. The van der Waals surface area contributed by atoms with Gasteiger partial charge in [0.1, 0.15) is 11.6 Å². The van der Waals surface area contributed by atoms with Crippen LogP contribution in [0.4, 0.5) is 11.5 Å². The van der Waals surface area contributed by atoms with E-state index >= 15 is 0 Å². The van der Waals surface area contributed by atoms with E-state index in [0.29, 0.717) is 24.0 Å². The molecule has 0 unspecified atom stereocenters. The van der Waals surface area contributed by atoms with Crippen molar-refractivity contribution in [1.82, 2.24) is 4.98 Å². The number of anilines is 2. The van der Waals surface area contributed by atoms with Gasteiger partial charge in [0.25, 0.3) is 0 Å². The van der Waals surface area contributed by atoms with E-state index in [1.807, 2.05) is 42.5 Å². The van der Waals surface area contributed by atoms with Crippen LogP contribution in [0.1, 0.15) is 28.8 Å². The number of carbonyl (C=O) groups excluding carboxylic acids is 1. The number of hydrogen-bond acceptors (Lipinski definition) is 5. The Morgan fingerprint density at radius 2 is 1.95 bits per heavy atom. The number of piperidine rings is 1. The summed E-state index contributed by atoms with van der Waals surface area (Å²) >= 11 is 0. The first-order valence-electron chi connectivity index (χ1n) is 12.3. The van der Waals surface area contributed by atoms with Crippen LogP contribution in [0, 0.1) is 18.1 Å². The summed E-state index contributed by atoms with van der Waals surface area (Å²) in [7, 11) is 0. The van der Waals surface area contributed by atoms with Gasteiger partial charge < -0.3 is 20.1 Å². The number of fused-ring (bicyclic) bond motifs is 1. The van der Waals surface area contributed by atoms with Crippen LogP contribution in [0.15, 0.2) is 72.9 Å². The number of carboxylic acid groups (broad SMARTS) is 1. The van der Waals surface area contributed by atoms with Crippen molar-refractivity contribution in [2.45, 2.75) is 19.3 Å². The predicted octanol–water partition coefficient (Wildman–Crippen LogP) is 5.01. The first-order valence-corrected chi connectivity index (χ1v) is 12.3. The number of nitrogens with one attached hydrogen (secondary N) is 1. The smallest absolute Gasteiger partial charge is 0.335 e. The summed E-state index contributed by atoms with van der Waals surface area (Å²) in [6, 6.07) is 26.1. The molecule has 4 aromatic rings. The molecule has 5 rings (SSSR count). The average Bonchev–Trinajstić information content (AvgIpc) is 2.93. The number of ether oxygens (including phenoxy) is 1. The molecule has 7 nitrogen and oxygen atoms in total. The molecule has 0 bridgehead atoms. The fourth-order valence-corrected chi connectivity index (χ4v) is 4.52. The molecule has 0 saturated carbocycles. The van der Waals surface area contributed by atoms with Crippen molar-refractivity contribution in [1.29, 1.82) is 0 Å². The number of carbonyl (C=O) groups is 2. The molecule has 0 aliphatic carbocycles. The quantitative estimate of drug-likeness (QED) is 0.359. The first-order chi connectivity index (χ1) is 18.0. The van der Waals surface area contributed by atoms with Crippen molar-refractivity contribution >= 4 is 34.2 Å². The summed E-state index contributed by atoms with van der Waals surface area (Å²) in [4.78, 5) is 30.5. The van der Waals surface area contributed by atoms with Gasteiger partial charge in [0.15, 0.2) is 0 Å². The molecule has 1 saturated heterocycles. The fraction of sp³-hybridized carbons (Fsp3) is 0.233. The number of rotatable bonds is 8. The Bertz CT molecular complexity index is 1400. The first kappa shape index (κ1) is 24.1. The summed E-state index contributed by atoms with van der Waals surface area (Å²) in [6.07, 6.45) is 3.90. The molecule has 2 N–H and O–H groups in total. The number of amides is 1. The van der Waals surface area contributed by atoms with E-state index < -0.39 is 5.97 Å². The Balaban J connectivity index is 1.09. The molecule has 0 radical (unpaired) electrons. The third-order valence-corrected chi connectivity index (χ3v) is 6.57. The lowest BCUT2D eigenvalue weighted by Crippen LogP contribution is -2.36. The minimum absolute atomic E-state index is 0.0879. The topological polar surface area (TPSA) is 91.8 Å². The second-order valence-electron chi connectivity index (χ2n) is 9.23. The van der Waals surface area contributed by atoms with Gasteiger partial charge in [-0.3, -0.25) is 4.79 Å². The number of aromatic nitrogens is 1. The maximum absolute atomic E-state index is 12.6. The standard InChI is InChI=1S/C30H27N3O4/c34-29(17-22-8-9-23-4-1-2-5-24(23)16-22)32-26-10-11-28(31-19-26)33-14-12-21(13-15-33)20-37-27-7-3-6-25(18-27)30(35)36/h2-3,5-11,16,18-19,21H,12-15,17,20H2,(H,32,34)(H,35,36). The molecular weight excluding hydrogens is 466 g/mol. The van der Waals surface area contributed by atoms with E-state index in [2.05, 4.69) is 27.3 Å². The number of benzene rings is 2. The van der Waals surface area contributed by atoms with Gasteiger partial charge in [-0.15, -0.1) is 0 Å². The molecule has 1 amide bonds. The number of nitrogens with zero attached hydrogens (tertiary/aromatic N) is 2. The maximum atomic E-state index is 12.6. The Kier molecular flexibility index (Phi) is 7.18. The van der Waals surface area contributed by atoms with Crippen molar-refractivity contribution in [2.24, 2.45) is 5.92 Å². The van der Waals surface area contributed by atoms with Crippen molar-refractivity contribution in [3.8, 4) is 5.75 Å². The monoisotopic (exact) mass is 493 g/mol. The second kappa shape index (κ2) is 11.0. The molecule has 1 aliphatic rings. The molecule has 2 heterocycles. The highest BCUT2D eigenvalue weighted by atomic mass is 16.5. The van der Waals surface area contributed by atoms with Gasteiger partial charge in [-0.2, -0.15) is 0 Å². The zero-order valence-electron chi connectivity index (χ0n) is 20.3. The van der Waals surface area contributed by atoms with E-state index in [1.165, 1.54) is 0 Å². The van der Waals surface area contributed by atoms with Crippen LogP contribution in [0.3, 0.4) is 0 Å². The van der Waals surface area contributed by atoms with E-state index in [1.54, 1.807) is 30.5 Å². The number of carboxylic acids is 1. The van der Waals surface area contributed by atoms with Crippen molar-refractivity contribution in [2.75, 3.05) is 29.9 Å². The summed E-state index contributed by atoms with van der Waals surface area (Å²) < 4.78 is 5.85. The fourth-order valence-electron chi connectivity index (χ4n) is 4.52. The van der Waals surface area contributed by atoms with Gasteiger partial charge >= 0.3 is 5.97 Å². The second-order valence-corrected chi connectivity index (χ2v) is 9.23. The molecule has 0 spiro atoms. The van der Waals surface area contributed by atoms with Crippen LogP contribution < -0.4 is 15.0 Å². The van der Waals surface area contributed by atoms with Gasteiger partial charge in [-0.25, -0.2) is 9.78 Å². The third-order valence-electron chi connectivity index (χ3n) is 6.57. The van der Waals surface area contributed by atoms with Crippen LogP contribution in [0.25, 0.3) is 10.8 Å². The van der Waals surface area contributed by atoms with Gasteiger partial charge in [0, 0.05) is 18.5 Å². The lowest BCUT2D eigenvalue weighted by atomic mass is 9.98. The zero-order chi connectivity index (χ0) is 25.6. The Labute approximate surface area is 215 Å². The van der Waals surface area contributed by atoms with E-state index in [4.69, 9.17) is 9.84 Å². The molecule has 37 heavy (non-hydrogen) atoms. The highest BCUT2D eigenvalue weighted by Gasteiger charge is 2.21. The number of aromatic carboxylic acids is 1. The van der Waals surface area contributed by atoms with Gasteiger partial charge in [0.05, 0.1) is 30.5 Å². The van der Waals surface area contributed by atoms with Crippen molar-refractivity contribution in [3.63, 3.8) is 0 Å². The van der Waals surface area contributed by atoms with E-state index in [-0.39, 0.29) is 17.9 Å². The molecule has 3 aromatic carbocycles. The third kappa shape index (κ3) is 6.17. The van der Waals surface area contributed by atoms with Gasteiger partial charge in [-0.1, -0.05) is 24.3 Å². The van der Waals surface area contributed by atoms with Crippen LogP contribution in [0.2, 0.25) is 0 Å². The van der Waals surface area contributed by atoms with Crippen LogP contribution in [-0.4, -0.2) is 41.7 Å². The molecule has 1 fully saturated rings. The van der Waals surface area contributed by atoms with E-state index in [0.717, 1.165) is 48.1 Å². The number of pyridine rings is 1. The molecule has 1 aliphatic heterocycles. The zero-order valence-corrected chi connectivity index (χ0v) is 20.3. The maximum Gasteiger partial charge on any atom is 0.335 e. The molecule has 0 atom stereocenters. The average molecular weight is 494 g/mol. The van der Waals surface area contributed by atoms with Crippen molar-refractivity contribution in [3.05, 3.63) is 96.2 Å². The SMILES string of the molecule is O=C(Cc1ccc2c#cccc2c1)Nc1ccc(N2CCC(COc3cccc(C(=O)O)c3)CC2)nc1. The Morgan fingerprint density at radius 1 is 1.08 bits per heavy atom. The lowest BCUT2D eigenvalue weighted by Gasteiger charge is -2.32. The largest absolute Gasteiger partial charge is 0.493 e. The minimum atomic E-state index is -0.959. The molecule has 186 valence electrons. The van der Waals surface area contributed by atoms with Gasteiger partial charge in [0.2, 0.25) is 5.91 Å². The van der Waals surface area contributed by atoms with E-state index in [9.17, 15) is 9.59 Å². The summed E-state index contributed by atoms with van der Waals surface area (Å²) in [5, 5.41) is 14.1. The molecular formula is C30H27N3O4. The lowest BCUT2D eigenvalue weighted by molar-refractivity contribution is -0.115. The number of hydrogen-bond donors (Lipinski definition) is 2. The van der Waals surface area contributed by atoms with Gasteiger partial charge in [-0.05, 0) is 84.3 Å². The summed E-state index contributed by atoms with van der Waals surface area (Å²) in [6.45, 7) is 2.28. The molecule has 1 aromatic heterocycles. The Morgan fingerprint density at radius 3 is 2.73 bits per heavy atom. The van der Waals surface area contributed by atoms with Crippen LogP contribution >= 0.6 is 0 Å². The van der Waals surface area contributed by atoms with Crippen LogP contribution in [0.5, 0.6) is 5.75 Å². The molecule has 7 heteroatoms. The predicted molar refractivity (Wildman–Crippen MR) is 142 cm³/mol. The minimum Gasteiger partial charge on any atom is -0.493 e. The van der Waals surface area contributed by atoms with Crippen LogP contribution in [-0.2, 0) is 11.2 Å². The highest BCUT2D eigenvalue weighted by molar-refractivity contribution is 5.93. The summed E-state index contributed by atoms with van der Waals surface area (Å²) in [5.41, 5.74) is 1.84.